The second-order valence-electron chi connectivity index (χ2n) is 22.2. The number of benzene rings is 10. The molecule has 2 nitrogen and oxygen atoms in total. The van der Waals surface area contributed by atoms with Gasteiger partial charge in [-0.3, -0.25) is 0 Å². The Bertz CT molecular complexity index is 4570. The number of hydrogen-bond donors (Lipinski definition) is 0. The summed E-state index contributed by atoms with van der Waals surface area (Å²) in [5, 5.41) is 7.94. The highest BCUT2D eigenvalue weighted by atomic mass is 32.1. The number of para-hydroxylation sites is 1. The van der Waals surface area contributed by atoms with E-state index in [9.17, 15) is 0 Å². The monoisotopic (exact) mass is 938 g/mol. The summed E-state index contributed by atoms with van der Waals surface area (Å²) in [6.07, 6.45) is 0.859. The van der Waals surface area contributed by atoms with E-state index in [0.29, 0.717) is 0 Å². The van der Waals surface area contributed by atoms with Crippen molar-refractivity contribution >= 4 is 75.1 Å². The van der Waals surface area contributed by atoms with E-state index >= 15 is 0 Å². The highest BCUT2D eigenvalue weighted by Crippen LogP contribution is 2.58. The van der Waals surface area contributed by atoms with E-state index in [1.165, 1.54) is 147 Å². The molecule has 342 valence electrons. The lowest BCUT2D eigenvalue weighted by molar-refractivity contribution is 0.583. The third-order valence-electron chi connectivity index (χ3n) is 17.7. The van der Waals surface area contributed by atoms with Crippen LogP contribution in [-0.4, -0.2) is 9.13 Å². The lowest BCUT2D eigenvalue weighted by atomic mass is 9.75. The summed E-state index contributed by atoms with van der Waals surface area (Å²) in [4.78, 5) is 0. The fourth-order valence-electron chi connectivity index (χ4n) is 14.6. The van der Waals surface area contributed by atoms with Crippen molar-refractivity contribution in [3.8, 4) is 44.8 Å². The zero-order valence-corrected chi connectivity index (χ0v) is 41.9. The molecule has 0 spiro atoms. The average molecular weight is 939 g/mol. The SMILES string of the molecule is CC1(C)c2ccccc2-c2c1ccc1c2c2ccc(CC3(C)c4ccccc4-c4c3ccc3c4c4ccccc4n3-c3cccc4c3sc3ccccc34)cc2n1-c1cccc2c1C(C)(C)c1ccccc1-2. The Morgan fingerprint density at radius 2 is 0.931 bits per heavy atom. The Labute approximate surface area is 423 Å². The molecule has 0 fully saturated rings. The van der Waals surface area contributed by atoms with Crippen LogP contribution in [0.25, 0.3) is 109 Å². The summed E-state index contributed by atoms with van der Waals surface area (Å²) in [7, 11) is 0. The lowest BCUT2D eigenvalue weighted by Gasteiger charge is -2.28. The van der Waals surface area contributed by atoms with E-state index in [-0.39, 0.29) is 16.2 Å². The molecule has 16 rings (SSSR count). The van der Waals surface area contributed by atoms with Gasteiger partial charge in [-0.1, -0.05) is 192 Å². The van der Waals surface area contributed by atoms with Crippen LogP contribution in [0.5, 0.6) is 0 Å². The Hall–Kier alpha value is -7.98. The number of nitrogens with zero attached hydrogens (tertiary/aromatic N) is 2. The van der Waals surface area contributed by atoms with Crippen LogP contribution >= 0.6 is 11.3 Å². The maximum atomic E-state index is 2.64. The molecule has 3 aliphatic carbocycles. The number of thiophene rings is 1. The van der Waals surface area contributed by atoms with Crippen molar-refractivity contribution in [2.24, 2.45) is 0 Å². The quantitative estimate of drug-likeness (QED) is 0.166. The van der Waals surface area contributed by atoms with Gasteiger partial charge in [-0.2, -0.15) is 0 Å². The van der Waals surface area contributed by atoms with Crippen molar-refractivity contribution in [3.05, 3.63) is 239 Å². The Kier molecular flexibility index (Phi) is 7.87. The van der Waals surface area contributed by atoms with Gasteiger partial charge in [0.05, 0.1) is 38.1 Å². The molecule has 10 aromatic carbocycles. The van der Waals surface area contributed by atoms with Crippen LogP contribution in [0.2, 0.25) is 0 Å². The molecule has 0 bridgehead atoms. The van der Waals surface area contributed by atoms with Crippen LogP contribution in [0.1, 0.15) is 73.6 Å². The topological polar surface area (TPSA) is 9.86 Å². The van der Waals surface area contributed by atoms with Crippen molar-refractivity contribution in [1.29, 1.82) is 0 Å². The van der Waals surface area contributed by atoms with Crippen molar-refractivity contribution < 1.29 is 0 Å². The first-order valence-electron chi connectivity index (χ1n) is 25.6. The van der Waals surface area contributed by atoms with Gasteiger partial charge in [0, 0.05) is 53.3 Å². The molecule has 3 aliphatic rings. The van der Waals surface area contributed by atoms with Gasteiger partial charge in [0.15, 0.2) is 0 Å². The Balaban J connectivity index is 0.932. The fourth-order valence-corrected chi connectivity index (χ4v) is 15.8. The third kappa shape index (κ3) is 4.99. The normalized spacial score (nSPS) is 16.7. The Morgan fingerprint density at radius 3 is 1.72 bits per heavy atom. The van der Waals surface area contributed by atoms with Gasteiger partial charge in [-0.05, 0) is 121 Å². The second kappa shape index (κ2) is 13.9. The van der Waals surface area contributed by atoms with Crippen molar-refractivity contribution in [2.45, 2.75) is 57.3 Å². The molecule has 3 heterocycles. The molecule has 72 heavy (non-hydrogen) atoms. The zero-order chi connectivity index (χ0) is 48.0. The van der Waals surface area contributed by atoms with Crippen molar-refractivity contribution in [2.75, 3.05) is 0 Å². The molecule has 3 heteroatoms. The smallest absolute Gasteiger partial charge is 0.0640 e. The number of hydrogen-bond acceptors (Lipinski definition) is 1. The molecular formula is C69H50N2S. The summed E-state index contributed by atoms with van der Waals surface area (Å²) in [5.74, 6) is 0. The molecule has 0 saturated heterocycles. The van der Waals surface area contributed by atoms with E-state index in [1.807, 2.05) is 11.3 Å². The molecule has 0 N–H and O–H groups in total. The standard InChI is InChI=1S/C69H50N2S/c1-67(2)50-26-12-7-20-45(50)61-52(67)34-36-56-64(61)48-33-32-40(38-59(48)71(56)57-29-16-23-43-41-18-6-11-25-49(41)68(3,4)65(43)57)39-69(5)51-27-13-8-21-46(51)62-53(69)35-37-55-63(62)47-22-9-14-28-54(47)70(55)58-30-17-24-44-42-19-10-15-31-60(42)72-66(44)58/h6-38H,39H2,1-5H3. The molecule has 3 aromatic heterocycles. The largest absolute Gasteiger partial charge is 0.309 e. The molecule has 0 saturated carbocycles. The highest BCUT2D eigenvalue weighted by Gasteiger charge is 2.43. The number of rotatable bonds is 4. The van der Waals surface area contributed by atoms with E-state index < -0.39 is 0 Å². The van der Waals surface area contributed by atoms with Gasteiger partial charge >= 0.3 is 0 Å². The van der Waals surface area contributed by atoms with E-state index in [1.54, 1.807) is 0 Å². The maximum absolute atomic E-state index is 2.64. The van der Waals surface area contributed by atoms with Gasteiger partial charge in [-0.25, -0.2) is 0 Å². The van der Waals surface area contributed by atoms with Crippen LogP contribution in [0.3, 0.4) is 0 Å². The minimum absolute atomic E-state index is 0.104. The van der Waals surface area contributed by atoms with E-state index in [0.717, 1.165) is 6.42 Å². The van der Waals surface area contributed by atoms with Gasteiger partial charge in [-0.15, -0.1) is 11.3 Å². The van der Waals surface area contributed by atoms with Crippen molar-refractivity contribution in [1.82, 2.24) is 9.13 Å². The summed E-state index contributed by atoms with van der Waals surface area (Å²) in [5.41, 5.74) is 24.8. The minimum Gasteiger partial charge on any atom is -0.309 e. The van der Waals surface area contributed by atoms with Crippen molar-refractivity contribution in [3.63, 3.8) is 0 Å². The fraction of sp³-hybridized carbons (Fsp3) is 0.130. The molecule has 1 unspecified atom stereocenters. The molecular weight excluding hydrogens is 889 g/mol. The van der Waals surface area contributed by atoms with Gasteiger partial charge in [0.1, 0.15) is 0 Å². The highest BCUT2D eigenvalue weighted by molar-refractivity contribution is 7.26. The third-order valence-corrected chi connectivity index (χ3v) is 19.0. The summed E-state index contributed by atoms with van der Waals surface area (Å²) < 4.78 is 7.84. The van der Waals surface area contributed by atoms with Crippen LogP contribution < -0.4 is 0 Å². The molecule has 0 radical (unpaired) electrons. The van der Waals surface area contributed by atoms with E-state index in [2.05, 4.69) is 244 Å². The van der Waals surface area contributed by atoms with Crippen LogP contribution in [0, 0.1) is 0 Å². The average Bonchev–Trinajstić information content (AvgIpc) is 4.21. The van der Waals surface area contributed by atoms with Gasteiger partial charge in [0.25, 0.3) is 0 Å². The summed E-state index contributed by atoms with van der Waals surface area (Å²) in [6.45, 7) is 12.2. The van der Waals surface area contributed by atoms with Gasteiger partial charge in [0.2, 0.25) is 0 Å². The number of aromatic nitrogens is 2. The summed E-state index contributed by atoms with van der Waals surface area (Å²) >= 11 is 1.90. The molecule has 0 amide bonds. The summed E-state index contributed by atoms with van der Waals surface area (Å²) in [6, 6.07) is 76.5. The minimum atomic E-state index is -0.291. The predicted molar refractivity (Wildman–Crippen MR) is 305 cm³/mol. The zero-order valence-electron chi connectivity index (χ0n) is 41.1. The number of fused-ring (bicyclic) bond motifs is 20. The van der Waals surface area contributed by atoms with Crippen LogP contribution in [0.15, 0.2) is 200 Å². The molecule has 1 atom stereocenters. The first kappa shape index (κ1) is 40.7. The first-order chi connectivity index (χ1) is 35.1. The molecule has 13 aromatic rings. The van der Waals surface area contributed by atoms with Crippen LogP contribution in [-0.2, 0) is 22.7 Å². The Morgan fingerprint density at radius 1 is 0.375 bits per heavy atom. The van der Waals surface area contributed by atoms with E-state index in [4.69, 9.17) is 0 Å². The first-order valence-corrected chi connectivity index (χ1v) is 26.5. The predicted octanol–water partition coefficient (Wildman–Crippen LogP) is 18.4. The van der Waals surface area contributed by atoms with Crippen LogP contribution in [0.4, 0.5) is 0 Å². The maximum Gasteiger partial charge on any atom is 0.0640 e. The van der Waals surface area contributed by atoms with Gasteiger partial charge < -0.3 is 9.13 Å². The second-order valence-corrected chi connectivity index (χ2v) is 23.2. The lowest BCUT2D eigenvalue weighted by Crippen LogP contribution is -2.24. The molecule has 0 aliphatic heterocycles.